The quantitative estimate of drug-likeness (QED) is 0.748. The smallest absolute Gasteiger partial charge is 0.104 e. The van der Waals surface area contributed by atoms with Gasteiger partial charge >= 0.3 is 0 Å². The second kappa shape index (κ2) is 4.29. The molecule has 1 atom stereocenters. The first kappa shape index (κ1) is 11.5. The van der Waals surface area contributed by atoms with Crippen molar-refractivity contribution in [2.75, 3.05) is 13.2 Å². The monoisotopic (exact) mass is 197 g/mol. The van der Waals surface area contributed by atoms with Gasteiger partial charge in [-0.05, 0) is 26.7 Å². The predicted octanol–water partition coefficient (Wildman–Crippen LogP) is 1.86. The third-order valence-corrected chi connectivity index (χ3v) is 3.29. The molecule has 1 fully saturated rings. The Balaban J connectivity index is 2.72. The summed E-state index contributed by atoms with van der Waals surface area (Å²) in [5.41, 5.74) is -1.59. The number of nitrogens with zero attached hydrogens (tertiary/aromatic N) is 1. The summed E-state index contributed by atoms with van der Waals surface area (Å²) in [5.74, 6) is 0. The van der Waals surface area contributed by atoms with Gasteiger partial charge < -0.3 is 9.84 Å². The van der Waals surface area contributed by atoms with E-state index in [4.69, 9.17) is 4.74 Å². The predicted molar refractivity (Wildman–Crippen MR) is 53.6 cm³/mol. The van der Waals surface area contributed by atoms with E-state index in [-0.39, 0.29) is 6.61 Å². The Hall–Kier alpha value is -0.590. The Kier molecular flexibility index (Phi) is 3.52. The average Bonchev–Trinajstić information content (AvgIpc) is 2.64. The summed E-state index contributed by atoms with van der Waals surface area (Å²) in [4.78, 5) is 0. The number of hydrogen-bond donors (Lipinski definition) is 1. The van der Waals surface area contributed by atoms with Crippen molar-refractivity contribution in [3.63, 3.8) is 0 Å². The van der Waals surface area contributed by atoms with E-state index in [9.17, 15) is 10.4 Å². The van der Waals surface area contributed by atoms with E-state index >= 15 is 0 Å². The summed E-state index contributed by atoms with van der Waals surface area (Å²) < 4.78 is 5.24. The molecule has 0 amide bonds. The lowest BCUT2D eigenvalue weighted by Crippen LogP contribution is -2.47. The maximum Gasteiger partial charge on any atom is 0.104 e. The van der Waals surface area contributed by atoms with Crippen LogP contribution < -0.4 is 0 Å². The van der Waals surface area contributed by atoms with Gasteiger partial charge in [0.05, 0.1) is 18.1 Å². The molecule has 14 heavy (non-hydrogen) atoms. The highest BCUT2D eigenvalue weighted by atomic mass is 16.5. The fourth-order valence-electron chi connectivity index (χ4n) is 2.19. The highest BCUT2D eigenvalue weighted by Crippen LogP contribution is 2.46. The molecular weight excluding hydrogens is 178 g/mol. The lowest BCUT2D eigenvalue weighted by Gasteiger charge is -2.36. The zero-order chi connectivity index (χ0) is 10.7. The van der Waals surface area contributed by atoms with Crippen LogP contribution in [0.2, 0.25) is 0 Å². The van der Waals surface area contributed by atoms with E-state index in [0.717, 1.165) is 25.7 Å². The molecule has 3 heteroatoms. The van der Waals surface area contributed by atoms with Gasteiger partial charge in [0.1, 0.15) is 5.60 Å². The van der Waals surface area contributed by atoms with Crippen LogP contribution in [-0.4, -0.2) is 23.9 Å². The Morgan fingerprint density at radius 3 is 2.50 bits per heavy atom. The topological polar surface area (TPSA) is 53.2 Å². The lowest BCUT2D eigenvalue weighted by atomic mass is 9.73. The third kappa shape index (κ3) is 1.92. The van der Waals surface area contributed by atoms with Crippen molar-refractivity contribution in [3.05, 3.63) is 0 Å². The minimum Gasteiger partial charge on any atom is -0.386 e. The van der Waals surface area contributed by atoms with E-state index < -0.39 is 11.0 Å². The molecule has 1 aliphatic rings. The van der Waals surface area contributed by atoms with Gasteiger partial charge in [0, 0.05) is 6.61 Å². The molecule has 1 N–H and O–H groups in total. The molecule has 0 aromatic heterocycles. The summed E-state index contributed by atoms with van der Waals surface area (Å²) in [7, 11) is 0. The Morgan fingerprint density at radius 2 is 2.07 bits per heavy atom. The third-order valence-electron chi connectivity index (χ3n) is 3.29. The number of aliphatic hydroxyl groups is 1. The fraction of sp³-hybridized carbons (Fsp3) is 0.909. The summed E-state index contributed by atoms with van der Waals surface area (Å²) in [6, 6.07) is 2.30. The highest BCUT2D eigenvalue weighted by molar-refractivity contribution is 5.12. The van der Waals surface area contributed by atoms with Gasteiger partial charge in [-0.15, -0.1) is 0 Å². The van der Waals surface area contributed by atoms with Crippen molar-refractivity contribution in [2.24, 2.45) is 5.41 Å². The van der Waals surface area contributed by atoms with Crippen LogP contribution in [0.3, 0.4) is 0 Å². The standard InChI is InChI=1S/C11H19NO2/c1-3-14-9-10(2,13)11(8-12)6-4-5-7-11/h13H,3-7,9H2,1-2H3. The minimum atomic E-state index is -1.01. The molecule has 0 aliphatic heterocycles. The zero-order valence-corrected chi connectivity index (χ0v) is 9.05. The first-order valence-corrected chi connectivity index (χ1v) is 5.29. The van der Waals surface area contributed by atoms with Crippen molar-refractivity contribution < 1.29 is 9.84 Å². The summed E-state index contributed by atoms with van der Waals surface area (Å²) in [5, 5.41) is 19.4. The van der Waals surface area contributed by atoms with Gasteiger partial charge in [-0.3, -0.25) is 0 Å². The van der Waals surface area contributed by atoms with E-state index in [2.05, 4.69) is 6.07 Å². The normalized spacial score (nSPS) is 24.1. The number of ether oxygens (including phenoxy) is 1. The zero-order valence-electron chi connectivity index (χ0n) is 9.05. The van der Waals surface area contributed by atoms with Crippen LogP contribution in [0, 0.1) is 16.7 Å². The summed E-state index contributed by atoms with van der Waals surface area (Å²) >= 11 is 0. The molecule has 0 saturated heterocycles. The molecule has 1 unspecified atom stereocenters. The maximum absolute atomic E-state index is 10.2. The molecule has 1 rings (SSSR count). The van der Waals surface area contributed by atoms with E-state index in [1.54, 1.807) is 6.92 Å². The molecule has 80 valence electrons. The summed E-state index contributed by atoms with van der Waals surface area (Å²) in [6.45, 7) is 4.45. The Bertz CT molecular complexity index is 224. The van der Waals surface area contributed by atoms with Crippen LogP contribution in [0.5, 0.6) is 0 Å². The van der Waals surface area contributed by atoms with Crippen molar-refractivity contribution in [1.29, 1.82) is 5.26 Å². The Labute approximate surface area is 85.7 Å². The van der Waals surface area contributed by atoms with Gasteiger partial charge in [-0.2, -0.15) is 5.26 Å². The van der Waals surface area contributed by atoms with Gasteiger partial charge in [-0.1, -0.05) is 12.8 Å². The van der Waals surface area contributed by atoms with Crippen LogP contribution in [0.15, 0.2) is 0 Å². The highest BCUT2D eigenvalue weighted by Gasteiger charge is 2.49. The number of rotatable bonds is 4. The molecule has 0 aromatic carbocycles. The Morgan fingerprint density at radius 1 is 1.50 bits per heavy atom. The molecule has 0 bridgehead atoms. The molecule has 0 spiro atoms. The van der Waals surface area contributed by atoms with Crippen molar-refractivity contribution in [1.82, 2.24) is 0 Å². The van der Waals surface area contributed by atoms with E-state index in [0.29, 0.717) is 6.61 Å². The van der Waals surface area contributed by atoms with Gasteiger partial charge in [-0.25, -0.2) is 0 Å². The first-order chi connectivity index (χ1) is 6.58. The van der Waals surface area contributed by atoms with Crippen LogP contribution in [0.25, 0.3) is 0 Å². The second-order valence-electron chi connectivity index (χ2n) is 4.31. The van der Waals surface area contributed by atoms with E-state index in [1.807, 2.05) is 6.92 Å². The van der Waals surface area contributed by atoms with Gasteiger partial charge in [0.15, 0.2) is 0 Å². The SMILES string of the molecule is CCOCC(C)(O)C1(C#N)CCCC1. The van der Waals surface area contributed by atoms with Crippen LogP contribution in [-0.2, 0) is 4.74 Å². The van der Waals surface area contributed by atoms with Gasteiger partial charge in [0.2, 0.25) is 0 Å². The average molecular weight is 197 g/mol. The fourth-order valence-corrected chi connectivity index (χ4v) is 2.19. The van der Waals surface area contributed by atoms with Crippen LogP contribution >= 0.6 is 0 Å². The number of nitriles is 1. The minimum absolute atomic E-state index is 0.261. The van der Waals surface area contributed by atoms with Crippen molar-refractivity contribution in [3.8, 4) is 6.07 Å². The van der Waals surface area contributed by atoms with Crippen molar-refractivity contribution in [2.45, 2.75) is 45.1 Å². The summed E-state index contributed by atoms with van der Waals surface area (Å²) in [6.07, 6.45) is 3.67. The van der Waals surface area contributed by atoms with Gasteiger partial charge in [0.25, 0.3) is 0 Å². The van der Waals surface area contributed by atoms with E-state index in [1.165, 1.54) is 0 Å². The molecule has 0 aromatic rings. The maximum atomic E-state index is 10.2. The molecule has 0 heterocycles. The molecule has 1 aliphatic carbocycles. The largest absolute Gasteiger partial charge is 0.386 e. The van der Waals surface area contributed by atoms with Crippen LogP contribution in [0.1, 0.15) is 39.5 Å². The van der Waals surface area contributed by atoms with Crippen molar-refractivity contribution >= 4 is 0 Å². The number of hydrogen-bond acceptors (Lipinski definition) is 3. The first-order valence-electron chi connectivity index (χ1n) is 5.29. The lowest BCUT2D eigenvalue weighted by molar-refractivity contribution is -0.0946. The molecular formula is C11H19NO2. The van der Waals surface area contributed by atoms with Crippen LogP contribution in [0.4, 0.5) is 0 Å². The second-order valence-corrected chi connectivity index (χ2v) is 4.31. The molecule has 0 radical (unpaired) electrons. The molecule has 3 nitrogen and oxygen atoms in total. The molecule has 1 saturated carbocycles.